The van der Waals surface area contributed by atoms with Crippen molar-refractivity contribution < 1.29 is 9.13 Å². The van der Waals surface area contributed by atoms with Crippen LogP contribution in [0.4, 0.5) is 16.4 Å². The molecule has 65 heavy (non-hydrogen) atoms. The Morgan fingerprint density at radius 2 is 1.32 bits per heavy atom. The summed E-state index contributed by atoms with van der Waals surface area (Å²) in [4.78, 5) is 3.94. The van der Waals surface area contributed by atoms with Crippen molar-refractivity contribution in [3.63, 3.8) is 0 Å². The first kappa shape index (κ1) is 35.3. The highest BCUT2D eigenvalue weighted by atomic mass is 32.1. The molecule has 1 saturated carbocycles. The van der Waals surface area contributed by atoms with E-state index in [1.54, 1.807) is 0 Å². The first-order valence-corrected chi connectivity index (χ1v) is 24.5. The van der Waals surface area contributed by atoms with Gasteiger partial charge in [0.15, 0.2) is 12.4 Å². The lowest BCUT2D eigenvalue weighted by atomic mass is 9.82. The van der Waals surface area contributed by atoms with Gasteiger partial charge in [-0.25, -0.2) is 0 Å². The Balaban J connectivity index is 0.875. The van der Waals surface area contributed by atoms with Crippen molar-refractivity contribution in [2.75, 3.05) is 4.90 Å². The zero-order valence-electron chi connectivity index (χ0n) is 35.8. The molecule has 3 aliphatic heterocycles. The van der Waals surface area contributed by atoms with E-state index in [1.807, 2.05) is 22.7 Å². The van der Waals surface area contributed by atoms with Gasteiger partial charge in [-0.15, -0.1) is 22.7 Å². The molecule has 306 valence electrons. The molecule has 6 aromatic carbocycles. The van der Waals surface area contributed by atoms with Crippen LogP contribution in [0, 0.1) is 0 Å². The minimum absolute atomic E-state index is 0.0613. The van der Waals surface area contributed by atoms with Crippen LogP contribution in [0.2, 0.25) is 0 Å². The zero-order chi connectivity index (χ0) is 42.5. The summed E-state index contributed by atoms with van der Waals surface area (Å²) >= 11 is 3.86. The normalized spacial score (nSPS) is 19.6. The molecule has 1 fully saturated rings. The van der Waals surface area contributed by atoms with Crippen LogP contribution >= 0.6 is 22.7 Å². The number of aromatic nitrogens is 3. The maximum atomic E-state index is 2.64. The van der Waals surface area contributed by atoms with E-state index in [2.05, 4.69) is 215 Å². The fraction of sp³-hybridized carbons (Fsp3) is 0.119. The highest BCUT2D eigenvalue weighted by Crippen LogP contribution is 2.71. The Hall–Kier alpha value is -7.12. The largest absolute Gasteiger partial charge is 0.309 e. The molecule has 0 N–H and O–H groups in total. The van der Waals surface area contributed by atoms with E-state index >= 15 is 0 Å². The maximum Gasteiger partial charge on any atom is 0.247 e. The van der Waals surface area contributed by atoms with Crippen molar-refractivity contribution in [3.05, 3.63) is 205 Å². The SMILES string of the molecule is CC1(C)c2ccccc2-c2cc3c4cc(-c5cc6sc(N7c8cccc9c8CC8(C%10c%11c(cccc%117)-c7cccc[n+]7C%108)[n+]7ccccc7-9)cc6s5)ccc4n(-c4ccccc4)c3cc21. The number of thiophene rings is 2. The molecule has 1 spiro atoms. The third-order valence-electron chi connectivity index (χ3n) is 16.0. The van der Waals surface area contributed by atoms with Crippen molar-refractivity contribution in [2.45, 2.75) is 43.2 Å². The Labute approximate surface area is 384 Å². The van der Waals surface area contributed by atoms with Crippen LogP contribution in [0.15, 0.2) is 182 Å². The van der Waals surface area contributed by atoms with E-state index in [1.165, 1.54) is 120 Å². The molecule has 3 atom stereocenters. The van der Waals surface area contributed by atoms with Gasteiger partial charge in [0.1, 0.15) is 10.9 Å². The van der Waals surface area contributed by atoms with E-state index in [4.69, 9.17) is 0 Å². The number of rotatable bonds is 3. The molecule has 5 aromatic heterocycles. The van der Waals surface area contributed by atoms with Crippen LogP contribution in [-0.2, 0) is 17.4 Å². The summed E-state index contributed by atoms with van der Waals surface area (Å²) in [5, 5.41) is 3.87. The smallest absolute Gasteiger partial charge is 0.247 e. The molecular weight excluding hydrogens is 829 g/mol. The van der Waals surface area contributed by atoms with E-state index in [-0.39, 0.29) is 11.0 Å². The number of fused-ring (bicyclic) bond motifs is 10. The molecule has 6 heteroatoms. The molecule has 16 rings (SSSR count). The number of para-hydroxylation sites is 1. The number of benzene rings is 6. The fourth-order valence-electron chi connectivity index (χ4n) is 13.2. The van der Waals surface area contributed by atoms with Crippen molar-refractivity contribution in [2.24, 2.45) is 0 Å². The van der Waals surface area contributed by atoms with Crippen LogP contribution in [0.1, 0.15) is 48.1 Å². The van der Waals surface area contributed by atoms with E-state index < -0.39 is 0 Å². The molecule has 4 bridgehead atoms. The first-order valence-electron chi connectivity index (χ1n) is 22.9. The summed E-state index contributed by atoms with van der Waals surface area (Å²) in [5.74, 6) is 0.362. The molecule has 8 heterocycles. The lowest BCUT2D eigenvalue weighted by molar-refractivity contribution is -0.784. The van der Waals surface area contributed by atoms with Gasteiger partial charge in [-0.1, -0.05) is 74.5 Å². The Bertz CT molecular complexity index is 3910. The lowest BCUT2D eigenvalue weighted by Crippen LogP contribution is -2.56. The number of hydrogen-bond acceptors (Lipinski definition) is 3. The monoisotopic (exact) mass is 868 g/mol. The topological polar surface area (TPSA) is 15.9 Å². The second-order valence-corrected chi connectivity index (χ2v) is 21.5. The molecule has 0 amide bonds. The van der Waals surface area contributed by atoms with Crippen molar-refractivity contribution in [3.8, 4) is 49.8 Å². The Morgan fingerprint density at radius 3 is 2.22 bits per heavy atom. The van der Waals surface area contributed by atoms with Crippen LogP contribution in [0.5, 0.6) is 0 Å². The minimum atomic E-state index is -0.0724. The van der Waals surface area contributed by atoms with Crippen LogP contribution < -0.4 is 14.0 Å². The number of nitrogens with zero attached hydrogens (tertiary/aromatic N) is 4. The van der Waals surface area contributed by atoms with Gasteiger partial charge in [0, 0.05) is 72.4 Å². The second kappa shape index (κ2) is 12.0. The standard InChI is InChI=1S/C59H40N4S2/c1-58(2)43-19-7-6-16-36(43)39-29-41-40-28-34(24-25-48(40)62(50(41)30-44(39)58)35-14-4-3-5-15-35)51-31-52-53(64-51)32-54(65-52)63-47-22-12-17-37-42(47)33-59(61-27-11-9-21-46(37)61)56-55-38(18-13-23-49(55)63)45-20-8-10-26-60(45)57(56)59/h3-32,56-57H,33H2,1-2H3/q+2. The van der Waals surface area contributed by atoms with Gasteiger partial charge in [-0.3, -0.25) is 0 Å². The third kappa shape index (κ3) is 4.29. The number of anilines is 3. The van der Waals surface area contributed by atoms with Crippen molar-refractivity contribution >= 4 is 70.3 Å². The predicted octanol–water partition coefficient (Wildman–Crippen LogP) is 14.3. The molecule has 0 radical (unpaired) electrons. The van der Waals surface area contributed by atoms with E-state index in [0.29, 0.717) is 12.0 Å². The number of hydrogen-bond donors (Lipinski definition) is 0. The summed E-state index contributed by atoms with van der Waals surface area (Å²) in [6, 6.07) is 64.9. The van der Waals surface area contributed by atoms with Gasteiger partial charge in [-0.05, 0) is 118 Å². The van der Waals surface area contributed by atoms with Crippen LogP contribution in [-0.4, -0.2) is 4.57 Å². The summed E-state index contributed by atoms with van der Waals surface area (Å²) in [6.45, 7) is 4.76. The van der Waals surface area contributed by atoms with Gasteiger partial charge in [0.2, 0.25) is 23.0 Å². The van der Waals surface area contributed by atoms with Crippen LogP contribution in [0.25, 0.3) is 81.0 Å². The molecular formula is C59H40N4S2+2. The fourth-order valence-corrected chi connectivity index (χ4v) is 15.6. The highest BCUT2D eigenvalue weighted by Gasteiger charge is 2.84. The summed E-state index contributed by atoms with van der Waals surface area (Å²) in [6.07, 6.45) is 5.68. The summed E-state index contributed by atoms with van der Waals surface area (Å²) in [5.41, 5.74) is 21.3. The van der Waals surface area contributed by atoms with Crippen molar-refractivity contribution in [1.29, 1.82) is 0 Å². The maximum absolute atomic E-state index is 2.64. The van der Waals surface area contributed by atoms with Gasteiger partial charge in [-0.2, -0.15) is 9.13 Å². The average Bonchev–Trinajstić information content (AvgIpc) is 3.67. The minimum Gasteiger partial charge on any atom is -0.309 e. The van der Waals surface area contributed by atoms with Gasteiger partial charge in [0.25, 0.3) is 0 Å². The quantitative estimate of drug-likeness (QED) is 0.162. The molecule has 5 aliphatic rings. The first-order chi connectivity index (χ1) is 32.0. The second-order valence-electron chi connectivity index (χ2n) is 19.3. The zero-order valence-corrected chi connectivity index (χ0v) is 37.4. The van der Waals surface area contributed by atoms with Gasteiger partial charge < -0.3 is 9.47 Å². The highest BCUT2D eigenvalue weighted by molar-refractivity contribution is 7.31. The van der Waals surface area contributed by atoms with Crippen LogP contribution in [0.3, 0.4) is 0 Å². The number of pyridine rings is 2. The Morgan fingerprint density at radius 1 is 0.569 bits per heavy atom. The van der Waals surface area contributed by atoms with Crippen molar-refractivity contribution in [1.82, 2.24) is 4.57 Å². The summed E-state index contributed by atoms with van der Waals surface area (Å²) in [7, 11) is 0. The molecule has 11 aromatic rings. The van der Waals surface area contributed by atoms with Gasteiger partial charge >= 0.3 is 0 Å². The predicted molar refractivity (Wildman–Crippen MR) is 266 cm³/mol. The van der Waals surface area contributed by atoms with E-state index in [9.17, 15) is 0 Å². The third-order valence-corrected chi connectivity index (χ3v) is 18.3. The molecule has 4 nitrogen and oxygen atoms in total. The average molecular weight is 869 g/mol. The summed E-state index contributed by atoms with van der Waals surface area (Å²) < 4.78 is 10.4. The lowest BCUT2D eigenvalue weighted by Gasteiger charge is -2.33. The molecule has 2 aliphatic carbocycles. The molecule has 0 saturated heterocycles. The Kier molecular flexibility index (Phi) is 6.49. The van der Waals surface area contributed by atoms with Gasteiger partial charge in [0.05, 0.1) is 33.5 Å². The molecule has 3 unspecified atom stereocenters. The van der Waals surface area contributed by atoms with E-state index in [0.717, 1.165) is 6.42 Å².